The van der Waals surface area contributed by atoms with Crippen molar-refractivity contribution >= 4 is 0 Å². The summed E-state index contributed by atoms with van der Waals surface area (Å²) >= 11 is 0. The molecule has 0 amide bonds. The molecule has 0 aromatic carbocycles. The average Bonchev–Trinajstić information content (AvgIpc) is 2.16. The van der Waals surface area contributed by atoms with Crippen LogP contribution in [0.2, 0.25) is 0 Å². The van der Waals surface area contributed by atoms with E-state index >= 15 is 0 Å². The second-order valence-corrected chi connectivity index (χ2v) is 2.94. The fraction of sp³-hybridized carbons (Fsp3) is 0.556. The summed E-state index contributed by atoms with van der Waals surface area (Å²) in [5.41, 5.74) is 1.14. The predicted molar refractivity (Wildman–Crippen MR) is 48.6 cm³/mol. The van der Waals surface area contributed by atoms with Gasteiger partial charge >= 0.3 is 0 Å². The van der Waals surface area contributed by atoms with Crippen LogP contribution in [0.25, 0.3) is 0 Å². The second-order valence-electron chi connectivity index (χ2n) is 2.94. The monoisotopic (exact) mass is 165 g/mol. The summed E-state index contributed by atoms with van der Waals surface area (Å²) in [6.45, 7) is 5.19. The van der Waals surface area contributed by atoms with Gasteiger partial charge in [-0.15, -0.1) is 0 Å². The van der Waals surface area contributed by atoms with Crippen molar-refractivity contribution in [2.24, 2.45) is 0 Å². The Kier molecular flexibility index (Phi) is 3.67. The first-order valence-electron chi connectivity index (χ1n) is 4.30. The van der Waals surface area contributed by atoms with Gasteiger partial charge in [0.05, 0.1) is 0 Å². The molecule has 0 aliphatic heterocycles. The van der Waals surface area contributed by atoms with E-state index in [1.54, 1.807) is 6.33 Å². The lowest BCUT2D eigenvalue weighted by atomic mass is 10.2. The average molecular weight is 165 g/mol. The van der Waals surface area contributed by atoms with E-state index in [0.29, 0.717) is 6.04 Å². The Bertz CT molecular complexity index is 210. The standard InChI is InChI=1S/C9H15N3/c1-3-8(2)12-6-9-4-10-7-11-5-9/h4-5,7-8,12H,3,6H2,1-2H3. The van der Waals surface area contributed by atoms with Crippen molar-refractivity contribution in [1.29, 1.82) is 0 Å². The maximum atomic E-state index is 3.94. The molecular weight excluding hydrogens is 150 g/mol. The van der Waals surface area contributed by atoms with Crippen LogP contribution >= 0.6 is 0 Å². The van der Waals surface area contributed by atoms with Crippen molar-refractivity contribution in [1.82, 2.24) is 15.3 Å². The molecule has 0 radical (unpaired) electrons. The fourth-order valence-corrected chi connectivity index (χ4v) is 0.858. The van der Waals surface area contributed by atoms with Crippen LogP contribution in [0.15, 0.2) is 18.7 Å². The van der Waals surface area contributed by atoms with Crippen molar-refractivity contribution in [2.45, 2.75) is 32.9 Å². The first kappa shape index (κ1) is 9.13. The molecular formula is C9H15N3. The molecule has 12 heavy (non-hydrogen) atoms. The van der Waals surface area contributed by atoms with E-state index in [-0.39, 0.29) is 0 Å². The molecule has 66 valence electrons. The van der Waals surface area contributed by atoms with E-state index in [0.717, 1.165) is 18.5 Å². The highest BCUT2D eigenvalue weighted by Gasteiger charge is 1.97. The maximum absolute atomic E-state index is 3.94. The molecule has 0 aliphatic rings. The lowest BCUT2D eigenvalue weighted by Crippen LogP contribution is -2.24. The molecule has 0 fully saturated rings. The summed E-state index contributed by atoms with van der Waals surface area (Å²) in [4.78, 5) is 7.87. The van der Waals surface area contributed by atoms with E-state index in [1.165, 1.54) is 0 Å². The minimum Gasteiger partial charge on any atom is -0.310 e. The molecule has 3 nitrogen and oxygen atoms in total. The second kappa shape index (κ2) is 4.83. The quantitative estimate of drug-likeness (QED) is 0.732. The predicted octanol–water partition coefficient (Wildman–Crippen LogP) is 1.36. The molecule has 1 atom stereocenters. The molecule has 0 spiro atoms. The smallest absolute Gasteiger partial charge is 0.115 e. The molecule has 1 aromatic heterocycles. The lowest BCUT2D eigenvalue weighted by molar-refractivity contribution is 0.533. The van der Waals surface area contributed by atoms with Gasteiger partial charge in [0.15, 0.2) is 0 Å². The number of hydrogen-bond donors (Lipinski definition) is 1. The zero-order chi connectivity index (χ0) is 8.81. The molecule has 3 heteroatoms. The zero-order valence-electron chi connectivity index (χ0n) is 7.62. The largest absolute Gasteiger partial charge is 0.310 e. The highest BCUT2D eigenvalue weighted by molar-refractivity contribution is 5.01. The minimum atomic E-state index is 0.560. The van der Waals surface area contributed by atoms with E-state index in [1.807, 2.05) is 12.4 Å². The summed E-state index contributed by atoms with van der Waals surface area (Å²) < 4.78 is 0. The molecule has 1 N–H and O–H groups in total. The Balaban J connectivity index is 2.33. The van der Waals surface area contributed by atoms with Crippen LogP contribution in [0.3, 0.4) is 0 Å². The molecule has 0 aliphatic carbocycles. The van der Waals surface area contributed by atoms with Gasteiger partial charge in [-0.25, -0.2) is 9.97 Å². The third-order valence-electron chi connectivity index (χ3n) is 1.88. The Morgan fingerprint density at radius 2 is 2.08 bits per heavy atom. The van der Waals surface area contributed by atoms with Crippen LogP contribution in [-0.4, -0.2) is 16.0 Å². The lowest BCUT2D eigenvalue weighted by Gasteiger charge is -2.09. The first-order valence-corrected chi connectivity index (χ1v) is 4.30. The number of hydrogen-bond acceptors (Lipinski definition) is 3. The maximum Gasteiger partial charge on any atom is 0.115 e. The van der Waals surface area contributed by atoms with Crippen LogP contribution in [0, 0.1) is 0 Å². The molecule has 0 saturated carbocycles. The molecule has 0 saturated heterocycles. The van der Waals surface area contributed by atoms with Gasteiger partial charge in [0.2, 0.25) is 0 Å². The van der Waals surface area contributed by atoms with Crippen molar-refractivity contribution in [3.63, 3.8) is 0 Å². The summed E-state index contributed by atoms with van der Waals surface area (Å²) in [5.74, 6) is 0. The van der Waals surface area contributed by atoms with Crippen LogP contribution in [-0.2, 0) is 6.54 Å². The number of nitrogens with one attached hydrogen (secondary N) is 1. The van der Waals surface area contributed by atoms with Gasteiger partial charge < -0.3 is 5.32 Å². The molecule has 1 rings (SSSR count). The van der Waals surface area contributed by atoms with E-state index in [4.69, 9.17) is 0 Å². The van der Waals surface area contributed by atoms with Gasteiger partial charge in [-0.3, -0.25) is 0 Å². The summed E-state index contributed by atoms with van der Waals surface area (Å²) in [7, 11) is 0. The highest BCUT2D eigenvalue weighted by Crippen LogP contribution is 1.94. The van der Waals surface area contributed by atoms with Gasteiger partial charge in [0.1, 0.15) is 6.33 Å². The number of rotatable bonds is 4. The number of nitrogens with zero attached hydrogens (tertiary/aromatic N) is 2. The van der Waals surface area contributed by atoms with Gasteiger partial charge in [-0.05, 0) is 13.3 Å². The van der Waals surface area contributed by atoms with E-state index < -0.39 is 0 Å². The zero-order valence-corrected chi connectivity index (χ0v) is 7.62. The van der Waals surface area contributed by atoms with Crippen LogP contribution < -0.4 is 5.32 Å². The molecule has 1 aromatic rings. The van der Waals surface area contributed by atoms with Gasteiger partial charge in [-0.2, -0.15) is 0 Å². The molecule has 1 heterocycles. The molecule has 0 bridgehead atoms. The fourth-order valence-electron chi connectivity index (χ4n) is 0.858. The van der Waals surface area contributed by atoms with Crippen LogP contribution in [0.4, 0.5) is 0 Å². The van der Waals surface area contributed by atoms with Crippen molar-refractivity contribution in [2.75, 3.05) is 0 Å². The van der Waals surface area contributed by atoms with Gasteiger partial charge in [-0.1, -0.05) is 6.92 Å². The molecule has 1 unspecified atom stereocenters. The Hall–Kier alpha value is -0.960. The minimum absolute atomic E-state index is 0.560. The van der Waals surface area contributed by atoms with E-state index in [9.17, 15) is 0 Å². The summed E-state index contributed by atoms with van der Waals surface area (Å²) in [6.07, 6.45) is 6.37. The SMILES string of the molecule is CCC(C)NCc1cncnc1. The van der Waals surface area contributed by atoms with Crippen molar-refractivity contribution < 1.29 is 0 Å². The topological polar surface area (TPSA) is 37.8 Å². The highest BCUT2D eigenvalue weighted by atomic mass is 14.9. The first-order chi connectivity index (χ1) is 5.83. The van der Waals surface area contributed by atoms with Crippen LogP contribution in [0.5, 0.6) is 0 Å². The third-order valence-corrected chi connectivity index (χ3v) is 1.88. The van der Waals surface area contributed by atoms with E-state index in [2.05, 4.69) is 29.1 Å². The summed E-state index contributed by atoms with van der Waals surface area (Å²) in [5, 5.41) is 3.37. The van der Waals surface area contributed by atoms with Gasteiger partial charge in [0, 0.05) is 30.5 Å². The third kappa shape index (κ3) is 2.96. The van der Waals surface area contributed by atoms with Crippen molar-refractivity contribution in [3.05, 3.63) is 24.3 Å². The number of aromatic nitrogens is 2. The van der Waals surface area contributed by atoms with Crippen LogP contribution in [0.1, 0.15) is 25.8 Å². The Labute approximate surface area is 73.2 Å². The Morgan fingerprint density at radius 1 is 1.42 bits per heavy atom. The Morgan fingerprint density at radius 3 is 2.67 bits per heavy atom. The van der Waals surface area contributed by atoms with Crippen molar-refractivity contribution in [3.8, 4) is 0 Å². The summed E-state index contributed by atoms with van der Waals surface area (Å²) in [6, 6.07) is 0.560. The normalized spacial score (nSPS) is 12.8. The van der Waals surface area contributed by atoms with Gasteiger partial charge in [0.25, 0.3) is 0 Å².